The molecular weight excluding hydrogens is 342 g/mol. The van der Waals surface area contributed by atoms with Crippen molar-refractivity contribution in [2.45, 2.75) is 31.1 Å². The van der Waals surface area contributed by atoms with E-state index in [0.29, 0.717) is 34.1 Å². The van der Waals surface area contributed by atoms with Crippen molar-refractivity contribution in [1.29, 1.82) is 0 Å². The van der Waals surface area contributed by atoms with E-state index in [-0.39, 0.29) is 0 Å². The highest BCUT2D eigenvalue weighted by Crippen LogP contribution is 2.30. The smallest absolute Gasteiger partial charge is 0.243 e. The molecule has 112 valence electrons. The first-order valence-electron chi connectivity index (χ1n) is 6.82. The number of sulfonamides is 1. The fourth-order valence-corrected chi connectivity index (χ4v) is 4.81. The molecule has 1 aliphatic heterocycles. The van der Waals surface area contributed by atoms with E-state index in [4.69, 9.17) is 4.74 Å². The Labute approximate surface area is 129 Å². The lowest BCUT2D eigenvalue weighted by Gasteiger charge is -2.31. The Hall–Kier alpha value is -0.590. The van der Waals surface area contributed by atoms with Crippen LogP contribution in [0.4, 0.5) is 0 Å². The van der Waals surface area contributed by atoms with Crippen molar-refractivity contribution in [2.75, 3.05) is 20.2 Å². The number of halogens is 1. The van der Waals surface area contributed by atoms with Gasteiger partial charge in [0.2, 0.25) is 10.0 Å². The van der Waals surface area contributed by atoms with Crippen LogP contribution >= 0.6 is 15.9 Å². The maximum absolute atomic E-state index is 12.7. The summed E-state index contributed by atoms with van der Waals surface area (Å²) in [6, 6.07) is 4.90. The molecule has 2 rings (SSSR count). The number of benzene rings is 1. The summed E-state index contributed by atoms with van der Waals surface area (Å²) >= 11 is 3.34. The Balaban J connectivity index is 2.28. The van der Waals surface area contributed by atoms with Crippen LogP contribution in [-0.2, 0) is 10.0 Å². The fraction of sp³-hybridized carbons (Fsp3) is 0.571. The van der Waals surface area contributed by atoms with Gasteiger partial charge in [0, 0.05) is 13.1 Å². The summed E-state index contributed by atoms with van der Waals surface area (Å²) in [5.74, 6) is 1.11. The molecule has 0 aliphatic carbocycles. The minimum absolute atomic E-state index is 0.321. The molecular formula is C14H20BrNO3S. The zero-order chi connectivity index (χ0) is 14.8. The molecule has 4 nitrogen and oxygen atoms in total. The van der Waals surface area contributed by atoms with Gasteiger partial charge in [0.15, 0.2) is 0 Å². The molecule has 1 saturated heterocycles. The van der Waals surface area contributed by atoms with Crippen LogP contribution in [0.1, 0.15) is 26.2 Å². The van der Waals surface area contributed by atoms with Gasteiger partial charge in [0.1, 0.15) is 5.75 Å². The van der Waals surface area contributed by atoms with Crippen molar-refractivity contribution in [3.63, 3.8) is 0 Å². The highest BCUT2D eigenvalue weighted by atomic mass is 79.9. The number of piperidine rings is 1. The summed E-state index contributed by atoms with van der Waals surface area (Å²) in [7, 11) is -1.84. The van der Waals surface area contributed by atoms with E-state index < -0.39 is 10.0 Å². The molecule has 0 aromatic heterocycles. The number of hydrogen-bond acceptors (Lipinski definition) is 3. The minimum atomic E-state index is -3.40. The normalized spacial score (nSPS) is 20.9. The SMILES string of the molecule is CCC1CCCN(S(=O)(=O)c2ccc(OC)c(Br)c2)C1. The maximum atomic E-state index is 12.7. The summed E-state index contributed by atoms with van der Waals surface area (Å²) in [5, 5.41) is 0. The van der Waals surface area contributed by atoms with E-state index in [1.165, 1.54) is 0 Å². The van der Waals surface area contributed by atoms with Gasteiger partial charge in [0.25, 0.3) is 0 Å². The standard InChI is InChI=1S/C14H20BrNO3S/c1-3-11-5-4-8-16(10-11)20(17,18)12-6-7-14(19-2)13(15)9-12/h6-7,9,11H,3-5,8,10H2,1-2H3. The third-order valence-electron chi connectivity index (χ3n) is 3.82. The molecule has 6 heteroatoms. The largest absolute Gasteiger partial charge is 0.496 e. The van der Waals surface area contributed by atoms with Crippen molar-refractivity contribution >= 4 is 26.0 Å². The van der Waals surface area contributed by atoms with Gasteiger partial charge in [-0.25, -0.2) is 8.42 Å². The van der Waals surface area contributed by atoms with Gasteiger partial charge in [-0.05, 0) is 52.9 Å². The predicted molar refractivity (Wildman–Crippen MR) is 82.5 cm³/mol. The molecule has 0 bridgehead atoms. The number of methoxy groups -OCH3 is 1. The minimum Gasteiger partial charge on any atom is -0.496 e. The molecule has 1 atom stereocenters. The average Bonchev–Trinajstić information content (AvgIpc) is 2.47. The lowest BCUT2D eigenvalue weighted by molar-refractivity contribution is 0.261. The second-order valence-corrected chi connectivity index (χ2v) is 7.87. The van der Waals surface area contributed by atoms with E-state index >= 15 is 0 Å². The topological polar surface area (TPSA) is 46.6 Å². The van der Waals surface area contributed by atoms with Crippen LogP contribution in [-0.4, -0.2) is 32.9 Å². The zero-order valence-electron chi connectivity index (χ0n) is 11.8. The van der Waals surface area contributed by atoms with Crippen LogP contribution in [0.2, 0.25) is 0 Å². The summed E-state index contributed by atoms with van der Waals surface area (Å²) in [6.07, 6.45) is 3.09. The third-order valence-corrected chi connectivity index (χ3v) is 6.30. The third kappa shape index (κ3) is 3.18. The molecule has 0 radical (unpaired) electrons. The first-order chi connectivity index (χ1) is 9.48. The molecule has 1 unspecified atom stereocenters. The van der Waals surface area contributed by atoms with Gasteiger partial charge in [-0.15, -0.1) is 0 Å². The van der Waals surface area contributed by atoms with Crippen molar-refractivity contribution in [3.8, 4) is 5.75 Å². The molecule has 1 aliphatic rings. The Morgan fingerprint density at radius 2 is 2.20 bits per heavy atom. The molecule has 0 amide bonds. The van der Waals surface area contributed by atoms with Crippen LogP contribution in [0, 0.1) is 5.92 Å². The second-order valence-electron chi connectivity index (χ2n) is 5.08. The average molecular weight is 362 g/mol. The van der Waals surface area contributed by atoms with E-state index in [1.54, 1.807) is 29.6 Å². The molecule has 1 aromatic rings. The van der Waals surface area contributed by atoms with Gasteiger partial charge in [0.05, 0.1) is 16.5 Å². The van der Waals surface area contributed by atoms with Crippen LogP contribution < -0.4 is 4.74 Å². The van der Waals surface area contributed by atoms with E-state index in [0.717, 1.165) is 19.3 Å². The second kappa shape index (κ2) is 6.45. The maximum Gasteiger partial charge on any atom is 0.243 e. The van der Waals surface area contributed by atoms with Gasteiger partial charge in [-0.2, -0.15) is 4.31 Å². The van der Waals surface area contributed by atoms with Crippen molar-refractivity contribution in [2.24, 2.45) is 5.92 Å². The van der Waals surface area contributed by atoms with Gasteiger partial charge < -0.3 is 4.74 Å². The number of nitrogens with zero attached hydrogens (tertiary/aromatic N) is 1. The van der Waals surface area contributed by atoms with E-state index in [9.17, 15) is 8.42 Å². The van der Waals surface area contributed by atoms with Gasteiger partial charge >= 0.3 is 0 Å². The summed E-state index contributed by atoms with van der Waals surface area (Å²) < 4.78 is 32.7. The molecule has 1 heterocycles. The number of hydrogen-bond donors (Lipinski definition) is 0. The van der Waals surface area contributed by atoms with E-state index in [1.807, 2.05) is 0 Å². The van der Waals surface area contributed by atoms with Crippen molar-refractivity contribution in [3.05, 3.63) is 22.7 Å². The molecule has 0 spiro atoms. The van der Waals surface area contributed by atoms with Crippen molar-refractivity contribution in [1.82, 2.24) is 4.31 Å². The monoisotopic (exact) mass is 361 g/mol. The molecule has 1 aromatic carbocycles. The summed E-state index contributed by atoms with van der Waals surface area (Å²) in [4.78, 5) is 0.321. The molecule has 0 saturated carbocycles. The van der Waals surface area contributed by atoms with Crippen LogP contribution in [0.3, 0.4) is 0 Å². The predicted octanol–water partition coefficient (Wildman–Crippen LogP) is 3.27. The van der Waals surface area contributed by atoms with Crippen LogP contribution in [0.5, 0.6) is 5.75 Å². The molecule has 1 fully saturated rings. The Morgan fingerprint density at radius 3 is 2.80 bits per heavy atom. The van der Waals surface area contributed by atoms with Crippen LogP contribution in [0.25, 0.3) is 0 Å². The highest BCUT2D eigenvalue weighted by molar-refractivity contribution is 9.10. The quantitative estimate of drug-likeness (QED) is 0.826. The summed E-state index contributed by atoms with van der Waals surface area (Å²) in [6.45, 7) is 3.36. The first kappa shape index (κ1) is 15.8. The Morgan fingerprint density at radius 1 is 1.45 bits per heavy atom. The van der Waals surface area contributed by atoms with Crippen molar-refractivity contribution < 1.29 is 13.2 Å². The molecule has 20 heavy (non-hydrogen) atoms. The van der Waals surface area contributed by atoms with Gasteiger partial charge in [-0.1, -0.05) is 13.3 Å². The van der Waals surface area contributed by atoms with Gasteiger partial charge in [-0.3, -0.25) is 0 Å². The van der Waals surface area contributed by atoms with Crippen LogP contribution in [0.15, 0.2) is 27.6 Å². The first-order valence-corrected chi connectivity index (χ1v) is 9.06. The Kier molecular flexibility index (Phi) is 5.09. The zero-order valence-corrected chi connectivity index (χ0v) is 14.2. The fourth-order valence-electron chi connectivity index (χ4n) is 2.54. The highest BCUT2D eigenvalue weighted by Gasteiger charge is 2.29. The number of rotatable bonds is 4. The Bertz CT molecular complexity index is 574. The van der Waals surface area contributed by atoms with E-state index in [2.05, 4.69) is 22.9 Å². The number of ether oxygens (including phenoxy) is 1. The summed E-state index contributed by atoms with van der Waals surface area (Å²) in [5.41, 5.74) is 0. The lowest BCUT2D eigenvalue weighted by Crippen LogP contribution is -2.39. The lowest BCUT2D eigenvalue weighted by atomic mass is 9.97. The molecule has 0 N–H and O–H groups in total.